The van der Waals surface area contributed by atoms with Crippen LogP contribution in [0.1, 0.15) is 29.6 Å². The number of benzene rings is 1. The van der Waals surface area contributed by atoms with Crippen LogP contribution in [0.5, 0.6) is 0 Å². The molecule has 0 bridgehead atoms. The summed E-state index contributed by atoms with van der Waals surface area (Å²) in [6.45, 7) is 0. The van der Waals surface area contributed by atoms with Gasteiger partial charge < -0.3 is 16.2 Å². The molecule has 0 aliphatic heterocycles. The van der Waals surface area contributed by atoms with Crippen LogP contribution < -0.4 is 11.1 Å². The van der Waals surface area contributed by atoms with E-state index in [-0.39, 0.29) is 23.4 Å². The molecule has 1 aromatic rings. The van der Waals surface area contributed by atoms with Crippen LogP contribution in [0.25, 0.3) is 0 Å². The Labute approximate surface area is 105 Å². The zero-order valence-electron chi connectivity index (χ0n) is 9.93. The molecule has 5 nitrogen and oxygen atoms in total. The lowest BCUT2D eigenvalue weighted by molar-refractivity contribution is -0.119. The predicted molar refractivity (Wildman–Crippen MR) is 67.3 cm³/mol. The Morgan fingerprint density at radius 2 is 2.11 bits per heavy atom. The fourth-order valence-electron chi connectivity index (χ4n) is 2.23. The van der Waals surface area contributed by atoms with E-state index in [2.05, 4.69) is 5.32 Å². The third-order valence-electron chi connectivity index (χ3n) is 3.22. The fraction of sp³-hybridized carbons (Fsp3) is 0.385. The van der Waals surface area contributed by atoms with E-state index >= 15 is 0 Å². The lowest BCUT2D eigenvalue weighted by Gasteiger charge is -2.11. The van der Waals surface area contributed by atoms with Crippen LogP contribution in [0.2, 0.25) is 0 Å². The first-order valence-electron chi connectivity index (χ1n) is 5.96. The van der Waals surface area contributed by atoms with Gasteiger partial charge in [0.15, 0.2) is 0 Å². The van der Waals surface area contributed by atoms with E-state index in [9.17, 15) is 9.59 Å². The zero-order chi connectivity index (χ0) is 13.1. The number of nitrogens with one attached hydrogen (secondary N) is 1. The Kier molecular flexibility index (Phi) is 3.62. The van der Waals surface area contributed by atoms with Crippen LogP contribution in [0.4, 0.5) is 5.69 Å². The van der Waals surface area contributed by atoms with Crippen LogP contribution in [0.15, 0.2) is 24.3 Å². The molecule has 1 aliphatic rings. The topological polar surface area (TPSA) is 92.4 Å². The van der Waals surface area contributed by atoms with Crippen molar-refractivity contribution in [1.29, 1.82) is 0 Å². The van der Waals surface area contributed by atoms with Gasteiger partial charge in [-0.1, -0.05) is 6.07 Å². The van der Waals surface area contributed by atoms with Crippen molar-refractivity contribution in [3.05, 3.63) is 29.8 Å². The quantitative estimate of drug-likeness (QED) is 0.754. The maximum Gasteiger partial charge on any atom is 0.335 e. The normalized spacial score (nSPS) is 22.7. The van der Waals surface area contributed by atoms with Gasteiger partial charge in [0.1, 0.15) is 0 Å². The smallest absolute Gasteiger partial charge is 0.335 e. The summed E-state index contributed by atoms with van der Waals surface area (Å²) in [4.78, 5) is 22.7. The minimum atomic E-state index is -1.01. The molecule has 2 unspecified atom stereocenters. The highest BCUT2D eigenvalue weighted by molar-refractivity contribution is 5.95. The summed E-state index contributed by atoms with van der Waals surface area (Å²) in [6, 6.07) is 6.34. The van der Waals surface area contributed by atoms with Crippen LogP contribution in [0.3, 0.4) is 0 Å². The number of nitrogens with two attached hydrogens (primary N) is 1. The molecule has 18 heavy (non-hydrogen) atoms. The molecule has 0 radical (unpaired) electrons. The first kappa shape index (κ1) is 12.6. The van der Waals surface area contributed by atoms with Gasteiger partial charge in [-0.2, -0.15) is 0 Å². The van der Waals surface area contributed by atoms with E-state index in [0.29, 0.717) is 12.1 Å². The Hall–Kier alpha value is -1.88. The second-order valence-corrected chi connectivity index (χ2v) is 4.65. The number of aromatic carboxylic acids is 1. The lowest BCUT2D eigenvalue weighted by Crippen LogP contribution is -2.23. The molecule has 0 aromatic heterocycles. The van der Waals surface area contributed by atoms with Gasteiger partial charge in [0, 0.05) is 17.6 Å². The van der Waals surface area contributed by atoms with E-state index < -0.39 is 5.97 Å². The molecule has 5 heteroatoms. The molecule has 1 fully saturated rings. The maximum atomic E-state index is 11.9. The molecule has 1 saturated carbocycles. The molecule has 0 saturated heterocycles. The molecule has 4 N–H and O–H groups in total. The average molecular weight is 248 g/mol. The second-order valence-electron chi connectivity index (χ2n) is 4.65. The molecule has 0 spiro atoms. The monoisotopic (exact) mass is 248 g/mol. The first-order chi connectivity index (χ1) is 8.56. The highest BCUT2D eigenvalue weighted by Gasteiger charge is 2.27. The molecule has 2 rings (SSSR count). The van der Waals surface area contributed by atoms with Crippen molar-refractivity contribution in [2.45, 2.75) is 25.3 Å². The second kappa shape index (κ2) is 5.18. The third kappa shape index (κ3) is 2.87. The van der Waals surface area contributed by atoms with Crippen molar-refractivity contribution in [2.75, 3.05) is 5.32 Å². The molecule has 1 aromatic carbocycles. The lowest BCUT2D eigenvalue weighted by atomic mass is 10.1. The molecule has 0 heterocycles. The molecule has 1 aliphatic carbocycles. The van der Waals surface area contributed by atoms with E-state index in [1.165, 1.54) is 12.1 Å². The van der Waals surface area contributed by atoms with Gasteiger partial charge in [-0.15, -0.1) is 0 Å². The summed E-state index contributed by atoms with van der Waals surface area (Å²) in [5.74, 6) is -1.15. The van der Waals surface area contributed by atoms with Gasteiger partial charge in [-0.3, -0.25) is 4.79 Å². The number of carboxylic acid groups (broad SMARTS) is 1. The summed E-state index contributed by atoms with van der Waals surface area (Å²) < 4.78 is 0. The number of anilines is 1. The number of rotatable bonds is 3. The van der Waals surface area contributed by atoms with Crippen molar-refractivity contribution in [3.8, 4) is 0 Å². The van der Waals surface area contributed by atoms with Crippen LogP contribution >= 0.6 is 0 Å². The first-order valence-corrected chi connectivity index (χ1v) is 5.96. The molecule has 1 amide bonds. The molecule has 96 valence electrons. The van der Waals surface area contributed by atoms with Gasteiger partial charge in [0.25, 0.3) is 0 Å². The summed E-state index contributed by atoms with van der Waals surface area (Å²) in [5.41, 5.74) is 6.44. The SMILES string of the molecule is NC1CCC(C(=O)Nc2cccc(C(=O)O)c2)C1. The van der Waals surface area contributed by atoms with Gasteiger partial charge in [-0.25, -0.2) is 4.79 Å². The van der Waals surface area contributed by atoms with Crippen LogP contribution in [-0.2, 0) is 4.79 Å². The minimum absolute atomic E-state index is 0.0616. The Bertz CT molecular complexity index is 473. The largest absolute Gasteiger partial charge is 0.478 e. The van der Waals surface area contributed by atoms with E-state index in [0.717, 1.165) is 12.8 Å². The summed E-state index contributed by atoms with van der Waals surface area (Å²) in [5, 5.41) is 11.6. The van der Waals surface area contributed by atoms with Gasteiger partial charge in [0.2, 0.25) is 5.91 Å². The minimum Gasteiger partial charge on any atom is -0.478 e. The van der Waals surface area contributed by atoms with Gasteiger partial charge in [0.05, 0.1) is 5.56 Å². The molecular weight excluding hydrogens is 232 g/mol. The van der Waals surface area contributed by atoms with Gasteiger partial charge >= 0.3 is 5.97 Å². The number of hydrogen-bond acceptors (Lipinski definition) is 3. The highest BCUT2D eigenvalue weighted by Crippen LogP contribution is 2.25. The van der Waals surface area contributed by atoms with E-state index in [1.54, 1.807) is 12.1 Å². The Morgan fingerprint density at radius 3 is 2.72 bits per heavy atom. The van der Waals surface area contributed by atoms with Crippen molar-refractivity contribution < 1.29 is 14.7 Å². The van der Waals surface area contributed by atoms with Crippen molar-refractivity contribution >= 4 is 17.6 Å². The highest BCUT2D eigenvalue weighted by atomic mass is 16.4. The summed E-state index contributed by atoms with van der Waals surface area (Å²) in [6.07, 6.45) is 2.36. The number of amides is 1. The summed E-state index contributed by atoms with van der Waals surface area (Å²) in [7, 11) is 0. The number of carbonyl (C=O) groups excluding carboxylic acids is 1. The molecule has 2 atom stereocenters. The maximum absolute atomic E-state index is 11.9. The number of carbonyl (C=O) groups is 2. The van der Waals surface area contributed by atoms with Crippen molar-refractivity contribution in [3.63, 3.8) is 0 Å². The zero-order valence-corrected chi connectivity index (χ0v) is 9.93. The Morgan fingerprint density at radius 1 is 1.33 bits per heavy atom. The Balaban J connectivity index is 2.03. The van der Waals surface area contributed by atoms with E-state index in [1.807, 2.05) is 0 Å². The third-order valence-corrected chi connectivity index (χ3v) is 3.22. The summed E-state index contributed by atoms with van der Waals surface area (Å²) >= 11 is 0. The predicted octanol–water partition coefficient (Wildman–Crippen LogP) is 1.45. The number of carboxylic acids is 1. The van der Waals surface area contributed by atoms with Gasteiger partial charge in [-0.05, 0) is 37.5 Å². The van der Waals surface area contributed by atoms with Crippen LogP contribution in [0, 0.1) is 5.92 Å². The molecular formula is C13H16N2O3. The van der Waals surface area contributed by atoms with Crippen LogP contribution in [-0.4, -0.2) is 23.0 Å². The number of hydrogen-bond donors (Lipinski definition) is 3. The van der Waals surface area contributed by atoms with Crippen molar-refractivity contribution in [2.24, 2.45) is 11.7 Å². The fourth-order valence-corrected chi connectivity index (χ4v) is 2.23. The standard InChI is InChI=1S/C13H16N2O3/c14-10-5-4-8(6-10)12(16)15-11-3-1-2-9(7-11)13(17)18/h1-3,7-8,10H,4-6,14H2,(H,15,16)(H,17,18). The average Bonchev–Trinajstić information content (AvgIpc) is 2.76. The van der Waals surface area contributed by atoms with E-state index in [4.69, 9.17) is 10.8 Å². The van der Waals surface area contributed by atoms with Crippen molar-refractivity contribution in [1.82, 2.24) is 0 Å².